The van der Waals surface area contributed by atoms with Crippen LogP contribution < -0.4 is 16.4 Å². The molecule has 0 radical (unpaired) electrons. The van der Waals surface area contributed by atoms with Gasteiger partial charge in [0.1, 0.15) is 16.7 Å². The van der Waals surface area contributed by atoms with E-state index in [4.69, 9.17) is 22.6 Å². The maximum Gasteiger partial charge on any atom is 0.289 e. The van der Waals surface area contributed by atoms with Crippen LogP contribution in [0.15, 0.2) is 54.2 Å². The normalized spacial score (nSPS) is 10.6. The molecule has 0 aliphatic heterocycles. The van der Waals surface area contributed by atoms with Crippen molar-refractivity contribution in [2.45, 2.75) is 0 Å². The van der Waals surface area contributed by atoms with Crippen molar-refractivity contribution < 1.29 is 9.72 Å². The van der Waals surface area contributed by atoms with Crippen molar-refractivity contribution in [3.05, 3.63) is 69.4 Å². The van der Waals surface area contributed by atoms with Crippen molar-refractivity contribution in [1.29, 1.82) is 5.26 Å². The lowest BCUT2D eigenvalue weighted by Crippen LogP contribution is -2.14. The number of amides is 1. The maximum atomic E-state index is 12.1. The first-order chi connectivity index (χ1) is 11.9. The van der Waals surface area contributed by atoms with E-state index in [0.717, 1.165) is 6.20 Å². The van der Waals surface area contributed by atoms with Gasteiger partial charge >= 0.3 is 0 Å². The summed E-state index contributed by atoms with van der Waals surface area (Å²) in [6.07, 6.45) is 1.15. The summed E-state index contributed by atoms with van der Waals surface area (Å²) in [6, 6.07) is 12.2. The average Bonchev–Trinajstić information content (AvgIpc) is 2.58. The fourth-order valence-corrected chi connectivity index (χ4v) is 2.00. The van der Waals surface area contributed by atoms with Gasteiger partial charge in [0.2, 0.25) is 0 Å². The number of nitrogens with one attached hydrogen (secondary N) is 2. The van der Waals surface area contributed by atoms with Gasteiger partial charge in [-0.2, -0.15) is 5.26 Å². The van der Waals surface area contributed by atoms with Crippen LogP contribution in [0.5, 0.6) is 0 Å². The van der Waals surface area contributed by atoms with Crippen LogP contribution in [0, 0.1) is 21.4 Å². The van der Waals surface area contributed by atoms with Crippen LogP contribution in [0.3, 0.4) is 0 Å². The Bertz CT molecular complexity index is 888. The second-order valence-corrected chi connectivity index (χ2v) is 5.22. The van der Waals surface area contributed by atoms with Crippen molar-refractivity contribution in [3.8, 4) is 6.07 Å². The zero-order chi connectivity index (χ0) is 18.4. The first kappa shape index (κ1) is 17.8. The molecule has 0 heterocycles. The smallest absolute Gasteiger partial charge is 0.289 e. The summed E-state index contributed by atoms with van der Waals surface area (Å²) >= 11 is 5.72. The summed E-state index contributed by atoms with van der Waals surface area (Å²) in [5.74, 6) is -0.636. The Morgan fingerprint density at radius 2 is 1.88 bits per heavy atom. The zero-order valence-electron chi connectivity index (χ0n) is 12.7. The average molecular weight is 358 g/mol. The lowest BCUT2D eigenvalue weighted by Gasteiger charge is -2.06. The minimum atomic E-state index is -0.636. The monoisotopic (exact) mass is 357 g/mol. The van der Waals surface area contributed by atoms with Crippen molar-refractivity contribution in [3.63, 3.8) is 0 Å². The number of nitro benzene ring substituents is 1. The number of nitro groups is 1. The van der Waals surface area contributed by atoms with Gasteiger partial charge in [0.25, 0.3) is 11.6 Å². The molecule has 9 heteroatoms. The SMILES string of the molecule is N#C/C(=C/Nc1ccc(Cl)c([N+](=O)[O-])c1)C(=O)Nc1ccc(N)cc1. The third-order valence-electron chi connectivity index (χ3n) is 3.06. The van der Waals surface area contributed by atoms with Crippen LogP contribution in [0.4, 0.5) is 22.7 Å². The number of hydrogen-bond acceptors (Lipinski definition) is 6. The zero-order valence-corrected chi connectivity index (χ0v) is 13.4. The van der Waals surface area contributed by atoms with E-state index in [1.165, 1.54) is 18.2 Å². The number of carbonyl (C=O) groups is 1. The van der Waals surface area contributed by atoms with Crippen LogP contribution in [-0.4, -0.2) is 10.8 Å². The van der Waals surface area contributed by atoms with Crippen molar-refractivity contribution in [1.82, 2.24) is 0 Å². The van der Waals surface area contributed by atoms with Gasteiger partial charge in [-0.15, -0.1) is 0 Å². The highest BCUT2D eigenvalue weighted by Crippen LogP contribution is 2.27. The first-order valence-corrected chi connectivity index (χ1v) is 7.26. The lowest BCUT2D eigenvalue weighted by molar-refractivity contribution is -0.384. The number of hydrogen-bond donors (Lipinski definition) is 3. The fourth-order valence-electron chi connectivity index (χ4n) is 1.81. The summed E-state index contributed by atoms with van der Waals surface area (Å²) in [5, 5.41) is 25.2. The molecule has 2 aromatic carbocycles. The molecule has 8 nitrogen and oxygen atoms in total. The topological polar surface area (TPSA) is 134 Å². The van der Waals surface area contributed by atoms with Gasteiger partial charge in [0, 0.05) is 29.3 Å². The van der Waals surface area contributed by atoms with Crippen LogP contribution in [0.25, 0.3) is 0 Å². The highest BCUT2D eigenvalue weighted by atomic mass is 35.5. The third kappa shape index (κ3) is 4.70. The molecular formula is C16H12ClN5O3. The fraction of sp³-hybridized carbons (Fsp3) is 0. The summed E-state index contributed by atoms with van der Waals surface area (Å²) in [7, 11) is 0. The number of halogens is 1. The molecule has 0 atom stereocenters. The summed E-state index contributed by atoms with van der Waals surface area (Å²) in [4.78, 5) is 22.3. The Kier molecular flexibility index (Phi) is 5.55. The van der Waals surface area contributed by atoms with Crippen LogP contribution in [0.1, 0.15) is 0 Å². The number of nitrogens with two attached hydrogens (primary N) is 1. The second-order valence-electron chi connectivity index (χ2n) is 4.81. The van der Waals surface area contributed by atoms with Crippen molar-refractivity contribution in [2.24, 2.45) is 0 Å². The first-order valence-electron chi connectivity index (χ1n) is 6.88. The van der Waals surface area contributed by atoms with E-state index in [1.54, 1.807) is 30.3 Å². The Hall–Kier alpha value is -3.57. The van der Waals surface area contributed by atoms with E-state index >= 15 is 0 Å². The number of nitriles is 1. The van der Waals surface area contributed by atoms with Crippen molar-refractivity contribution >= 4 is 40.3 Å². The molecule has 126 valence electrons. The van der Waals surface area contributed by atoms with E-state index in [9.17, 15) is 14.9 Å². The summed E-state index contributed by atoms with van der Waals surface area (Å²) < 4.78 is 0. The Labute approximate surface area is 147 Å². The molecule has 0 bridgehead atoms. The molecule has 2 rings (SSSR count). The molecule has 0 spiro atoms. The van der Waals surface area contributed by atoms with Gasteiger partial charge in [-0.3, -0.25) is 14.9 Å². The molecular weight excluding hydrogens is 346 g/mol. The van der Waals surface area contributed by atoms with Crippen molar-refractivity contribution in [2.75, 3.05) is 16.4 Å². The molecule has 0 saturated carbocycles. The van der Waals surface area contributed by atoms with E-state index in [-0.39, 0.29) is 16.3 Å². The van der Waals surface area contributed by atoms with Crippen LogP contribution in [-0.2, 0) is 4.79 Å². The predicted octanol–water partition coefficient (Wildman–Crippen LogP) is 3.29. The Morgan fingerprint density at radius 1 is 1.24 bits per heavy atom. The predicted molar refractivity (Wildman–Crippen MR) is 94.9 cm³/mol. The lowest BCUT2D eigenvalue weighted by atomic mass is 10.2. The molecule has 4 N–H and O–H groups in total. The highest BCUT2D eigenvalue weighted by Gasteiger charge is 2.13. The molecule has 0 aromatic heterocycles. The van der Waals surface area contributed by atoms with Gasteiger partial charge in [0.05, 0.1) is 4.92 Å². The number of nitrogens with zero attached hydrogens (tertiary/aromatic N) is 2. The number of carbonyl (C=O) groups excluding carboxylic acids is 1. The quantitative estimate of drug-likeness (QED) is 0.247. The van der Waals surface area contributed by atoms with Crippen LogP contribution in [0.2, 0.25) is 5.02 Å². The largest absolute Gasteiger partial charge is 0.399 e. The molecule has 2 aromatic rings. The highest BCUT2D eigenvalue weighted by molar-refractivity contribution is 6.32. The van der Waals surface area contributed by atoms with E-state index in [0.29, 0.717) is 17.1 Å². The molecule has 25 heavy (non-hydrogen) atoms. The minimum absolute atomic E-state index is 0.0128. The summed E-state index contributed by atoms with van der Waals surface area (Å²) in [6.45, 7) is 0. The Morgan fingerprint density at radius 3 is 2.48 bits per heavy atom. The number of anilines is 3. The molecule has 1 amide bonds. The number of nitrogen functional groups attached to an aromatic ring is 1. The van der Waals surface area contributed by atoms with E-state index < -0.39 is 10.8 Å². The maximum absolute atomic E-state index is 12.1. The minimum Gasteiger partial charge on any atom is -0.399 e. The molecule has 0 saturated heterocycles. The second kappa shape index (κ2) is 7.81. The molecule has 0 fully saturated rings. The van der Waals surface area contributed by atoms with Gasteiger partial charge in [-0.25, -0.2) is 0 Å². The number of benzene rings is 2. The molecule has 0 aliphatic carbocycles. The van der Waals surface area contributed by atoms with Gasteiger partial charge in [-0.1, -0.05) is 11.6 Å². The summed E-state index contributed by atoms with van der Waals surface area (Å²) in [5.41, 5.74) is 6.38. The van der Waals surface area contributed by atoms with Gasteiger partial charge < -0.3 is 16.4 Å². The molecule has 0 aliphatic rings. The van der Waals surface area contributed by atoms with Gasteiger partial charge in [0.15, 0.2) is 0 Å². The number of rotatable bonds is 5. The Balaban J connectivity index is 2.13. The molecule has 0 unspecified atom stereocenters. The van der Waals surface area contributed by atoms with E-state index in [1.807, 2.05) is 0 Å². The third-order valence-corrected chi connectivity index (χ3v) is 3.38. The standard InChI is InChI=1S/C16H12ClN5O3/c17-14-6-5-13(7-15(14)22(24)25)20-9-10(8-18)16(23)21-12-3-1-11(19)2-4-12/h1-7,9,20H,19H2,(H,21,23)/b10-9-. The van der Waals surface area contributed by atoms with Gasteiger partial charge in [-0.05, 0) is 36.4 Å². The van der Waals surface area contributed by atoms with E-state index in [2.05, 4.69) is 10.6 Å². The van der Waals surface area contributed by atoms with Crippen LogP contribution >= 0.6 is 11.6 Å².